The first kappa shape index (κ1) is 32.2. The van der Waals surface area contributed by atoms with Crippen molar-refractivity contribution < 1.29 is 38.9 Å². The third kappa shape index (κ3) is 14.3. The van der Waals surface area contributed by atoms with Crippen LogP contribution in [-0.2, 0) is 38.9 Å². The van der Waals surface area contributed by atoms with Crippen LogP contribution in [0.5, 0.6) is 0 Å². The molecule has 198 valence electrons. The van der Waals surface area contributed by atoms with Crippen LogP contribution < -0.4 is 0 Å². The Morgan fingerprint density at radius 1 is 0.727 bits per heavy atom. The van der Waals surface area contributed by atoms with E-state index in [-0.39, 0.29) is 22.5 Å². The monoisotopic (exact) mass is 478 g/mol. The first-order chi connectivity index (χ1) is 14.4. The molecule has 0 N–H and O–H groups in total. The van der Waals surface area contributed by atoms with Crippen LogP contribution in [0.1, 0.15) is 117 Å². The molecule has 0 aromatic heterocycles. The van der Waals surface area contributed by atoms with E-state index in [1.165, 1.54) is 0 Å². The molecule has 0 radical (unpaired) electrons. The average Bonchev–Trinajstić information content (AvgIpc) is 3.37. The van der Waals surface area contributed by atoms with E-state index in [9.17, 15) is 4.79 Å². The molecule has 1 aliphatic rings. The molecule has 0 aromatic rings. The fraction of sp³-hybridized carbons (Fsp3) is 0.960. The average molecular weight is 479 g/mol. The Hall–Kier alpha value is -0.770. The van der Waals surface area contributed by atoms with Crippen LogP contribution in [0.2, 0.25) is 0 Å². The number of carbonyl (C=O) groups excluding carboxylic acids is 1. The lowest BCUT2D eigenvalue weighted by Gasteiger charge is -2.31. The van der Waals surface area contributed by atoms with Gasteiger partial charge in [0, 0.05) is 12.3 Å². The molecular weight excluding hydrogens is 428 g/mol. The summed E-state index contributed by atoms with van der Waals surface area (Å²) in [6.45, 7) is 29.0. The molecule has 0 aliphatic carbocycles. The van der Waals surface area contributed by atoms with Gasteiger partial charge in [0.15, 0.2) is 0 Å². The standard InChI is InChI=1S/C13H24O4.C12H26O4/c1-9(8-11(2,3)4)13(16-17-13)10(14)15-12(5,6)7;1-9-12(8,15-13-10(2,3)4)16-14-11(5,6)7/h9H,8H2,1-7H3;9H2,1-8H3. The van der Waals surface area contributed by atoms with Crippen molar-refractivity contribution in [1.82, 2.24) is 0 Å². The minimum atomic E-state index is -1.18. The van der Waals surface area contributed by atoms with Crippen LogP contribution in [-0.4, -0.2) is 34.3 Å². The minimum absolute atomic E-state index is 0.0302. The van der Waals surface area contributed by atoms with Crippen molar-refractivity contribution in [2.24, 2.45) is 11.3 Å². The highest BCUT2D eigenvalue weighted by molar-refractivity contribution is 5.80. The summed E-state index contributed by atoms with van der Waals surface area (Å²) in [5.74, 6) is -2.53. The molecule has 8 heteroatoms. The van der Waals surface area contributed by atoms with Gasteiger partial charge in [-0.1, -0.05) is 34.6 Å². The van der Waals surface area contributed by atoms with Crippen molar-refractivity contribution in [3.05, 3.63) is 0 Å². The highest BCUT2D eigenvalue weighted by atomic mass is 17.4. The van der Waals surface area contributed by atoms with Crippen LogP contribution >= 0.6 is 0 Å². The Bertz CT molecular complexity index is 580. The van der Waals surface area contributed by atoms with Crippen LogP contribution in [0.3, 0.4) is 0 Å². The van der Waals surface area contributed by atoms with Crippen LogP contribution in [0, 0.1) is 11.3 Å². The van der Waals surface area contributed by atoms with Gasteiger partial charge < -0.3 is 4.74 Å². The predicted molar refractivity (Wildman–Crippen MR) is 127 cm³/mol. The Kier molecular flexibility index (Phi) is 11.0. The maximum atomic E-state index is 12.0. The summed E-state index contributed by atoms with van der Waals surface area (Å²) in [6, 6.07) is 0. The largest absolute Gasteiger partial charge is 0.456 e. The van der Waals surface area contributed by atoms with E-state index in [0.717, 1.165) is 6.42 Å². The van der Waals surface area contributed by atoms with Crippen molar-refractivity contribution in [3.63, 3.8) is 0 Å². The Morgan fingerprint density at radius 3 is 1.36 bits per heavy atom. The first-order valence-electron chi connectivity index (χ1n) is 11.8. The maximum absolute atomic E-state index is 12.0. The van der Waals surface area contributed by atoms with Gasteiger partial charge >= 0.3 is 11.8 Å². The van der Waals surface area contributed by atoms with E-state index in [2.05, 4.69) is 20.8 Å². The molecule has 1 heterocycles. The second-order valence-electron chi connectivity index (χ2n) is 13.0. The molecule has 0 aromatic carbocycles. The summed E-state index contributed by atoms with van der Waals surface area (Å²) in [6.07, 6.45) is 1.45. The van der Waals surface area contributed by atoms with Gasteiger partial charge in [0.25, 0.3) is 0 Å². The minimum Gasteiger partial charge on any atom is -0.456 e. The normalized spacial score (nSPS) is 17.7. The molecule has 1 rings (SSSR count). The predicted octanol–water partition coefficient (Wildman–Crippen LogP) is 6.66. The molecule has 33 heavy (non-hydrogen) atoms. The van der Waals surface area contributed by atoms with E-state index in [1.54, 1.807) is 6.92 Å². The second kappa shape index (κ2) is 11.3. The number of hydrogen-bond donors (Lipinski definition) is 0. The smallest absolute Gasteiger partial charge is 0.373 e. The molecule has 0 bridgehead atoms. The number of esters is 1. The molecule has 0 amide bonds. The van der Waals surface area contributed by atoms with E-state index in [1.807, 2.05) is 76.2 Å². The lowest BCUT2D eigenvalue weighted by molar-refractivity contribution is -0.536. The first-order valence-corrected chi connectivity index (χ1v) is 11.8. The van der Waals surface area contributed by atoms with E-state index >= 15 is 0 Å². The maximum Gasteiger partial charge on any atom is 0.373 e. The highest BCUT2D eigenvalue weighted by Crippen LogP contribution is 2.44. The van der Waals surface area contributed by atoms with E-state index in [0.29, 0.717) is 6.42 Å². The summed E-state index contributed by atoms with van der Waals surface area (Å²) < 4.78 is 5.31. The Labute approximate surface area is 201 Å². The zero-order valence-corrected chi connectivity index (χ0v) is 23.8. The topological polar surface area (TPSA) is 88.3 Å². The molecule has 0 saturated carbocycles. The molecule has 1 unspecified atom stereocenters. The van der Waals surface area contributed by atoms with Crippen LogP contribution in [0.25, 0.3) is 0 Å². The summed E-state index contributed by atoms with van der Waals surface area (Å²) in [4.78, 5) is 42.9. The van der Waals surface area contributed by atoms with Crippen LogP contribution in [0.4, 0.5) is 0 Å². The van der Waals surface area contributed by atoms with Crippen molar-refractivity contribution >= 4 is 5.97 Å². The van der Waals surface area contributed by atoms with Gasteiger partial charge in [-0.2, -0.15) is 19.6 Å². The SMILES string of the molecule is CC(CC(C)(C)C)C1(C(=O)OC(C)(C)C)OO1.CCC(C)(OOC(C)(C)C)OOC(C)(C)C. The van der Waals surface area contributed by atoms with E-state index in [4.69, 9.17) is 34.1 Å². The Morgan fingerprint density at radius 2 is 1.12 bits per heavy atom. The third-order valence-electron chi connectivity index (χ3n) is 4.09. The summed E-state index contributed by atoms with van der Waals surface area (Å²) >= 11 is 0. The van der Waals surface area contributed by atoms with Gasteiger partial charge in [0.1, 0.15) is 5.60 Å². The van der Waals surface area contributed by atoms with E-state index < -0.39 is 23.1 Å². The number of ether oxygens (including phenoxy) is 1. The molecule has 1 fully saturated rings. The van der Waals surface area contributed by atoms with Gasteiger partial charge in [-0.3, -0.25) is 0 Å². The van der Waals surface area contributed by atoms with Gasteiger partial charge in [-0.15, -0.1) is 0 Å². The molecule has 8 nitrogen and oxygen atoms in total. The summed E-state index contributed by atoms with van der Waals surface area (Å²) in [5.41, 5.74) is -1.16. The van der Waals surface area contributed by atoms with Gasteiger partial charge in [0.2, 0.25) is 5.79 Å². The van der Waals surface area contributed by atoms with Crippen LogP contribution in [0.15, 0.2) is 0 Å². The summed E-state index contributed by atoms with van der Waals surface area (Å²) in [7, 11) is 0. The number of hydrogen-bond acceptors (Lipinski definition) is 8. The van der Waals surface area contributed by atoms with Crippen molar-refractivity contribution in [2.75, 3.05) is 0 Å². The number of rotatable bonds is 8. The molecule has 1 aliphatic heterocycles. The van der Waals surface area contributed by atoms with Crippen molar-refractivity contribution in [1.29, 1.82) is 0 Å². The van der Waals surface area contributed by atoms with Crippen molar-refractivity contribution in [2.45, 2.75) is 145 Å². The zero-order chi connectivity index (χ0) is 26.5. The van der Waals surface area contributed by atoms with Gasteiger partial charge in [0.05, 0.1) is 11.2 Å². The van der Waals surface area contributed by atoms with Gasteiger partial charge in [-0.25, -0.2) is 14.6 Å². The number of carbonyl (C=O) groups is 1. The lowest BCUT2D eigenvalue weighted by atomic mass is 9.82. The molecular formula is C25H50O8. The zero-order valence-electron chi connectivity index (χ0n) is 23.8. The third-order valence-corrected chi connectivity index (χ3v) is 4.09. The quantitative estimate of drug-likeness (QED) is 0.126. The highest BCUT2D eigenvalue weighted by Gasteiger charge is 2.63. The lowest BCUT2D eigenvalue weighted by Crippen LogP contribution is -2.39. The summed E-state index contributed by atoms with van der Waals surface area (Å²) in [5, 5.41) is 0. The fourth-order valence-electron chi connectivity index (χ4n) is 2.44. The Balaban J connectivity index is 0.000000622. The van der Waals surface area contributed by atoms with Gasteiger partial charge in [-0.05, 0) is 81.1 Å². The molecule has 0 spiro atoms. The van der Waals surface area contributed by atoms with Crippen molar-refractivity contribution in [3.8, 4) is 0 Å². The molecule has 1 saturated heterocycles. The second-order valence-corrected chi connectivity index (χ2v) is 13.0. The molecule has 1 atom stereocenters. The fourth-order valence-corrected chi connectivity index (χ4v) is 2.44.